The fourth-order valence-electron chi connectivity index (χ4n) is 0.909. The molecule has 0 spiro atoms. The van der Waals surface area contributed by atoms with Gasteiger partial charge >= 0.3 is 0 Å². The number of ketones is 1. The van der Waals surface area contributed by atoms with Crippen LogP contribution in [0.25, 0.3) is 0 Å². The Labute approximate surface area is 83.8 Å². The second kappa shape index (κ2) is 4.33. The van der Waals surface area contributed by atoms with E-state index >= 15 is 0 Å². The third-order valence-electron chi connectivity index (χ3n) is 1.74. The molecular weight excluding hydrogens is 182 g/mol. The molecule has 0 aliphatic heterocycles. The molecular formula is C10H13NOS. The van der Waals surface area contributed by atoms with Crippen LogP contribution in [-0.2, 0) is 4.79 Å². The average Bonchev–Trinajstić information content (AvgIpc) is 2.08. The SMILES string of the molecule is CC(=O)[C@H](S)Nc1ccc(C)cc1. The van der Waals surface area contributed by atoms with Crippen molar-refractivity contribution >= 4 is 24.1 Å². The first-order valence-corrected chi connectivity index (χ1v) is 4.63. The number of rotatable bonds is 3. The second-order valence-electron chi connectivity index (χ2n) is 3.02. The molecule has 0 aliphatic rings. The Morgan fingerprint density at radius 3 is 2.38 bits per heavy atom. The van der Waals surface area contributed by atoms with Gasteiger partial charge in [0.1, 0.15) is 5.37 Å². The average molecular weight is 195 g/mol. The van der Waals surface area contributed by atoms with Crippen LogP contribution in [0.2, 0.25) is 0 Å². The summed E-state index contributed by atoms with van der Waals surface area (Å²) in [4.78, 5) is 10.9. The van der Waals surface area contributed by atoms with Gasteiger partial charge in [0.05, 0.1) is 0 Å². The third kappa shape index (κ3) is 3.11. The maximum Gasteiger partial charge on any atom is 0.162 e. The molecule has 0 fully saturated rings. The summed E-state index contributed by atoms with van der Waals surface area (Å²) in [6.45, 7) is 3.53. The largest absolute Gasteiger partial charge is 0.367 e. The highest BCUT2D eigenvalue weighted by Gasteiger charge is 2.06. The number of benzene rings is 1. The van der Waals surface area contributed by atoms with E-state index in [1.54, 1.807) is 0 Å². The molecule has 0 saturated heterocycles. The second-order valence-corrected chi connectivity index (χ2v) is 3.54. The van der Waals surface area contributed by atoms with Crippen LogP contribution < -0.4 is 5.32 Å². The van der Waals surface area contributed by atoms with Crippen molar-refractivity contribution in [2.75, 3.05) is 5.32 Å². The highest BCUT2D eigenvalue weighted by molar-refractivity contribution is 7.82. The van der Waals surface area contributed by atoms with E-state index in [1.165, 1.54) is 12.5 Å². The molecule has 0 aliphatic carbocycles. The summed E-state index contributed by atoms with van der Waals surface area (Å²) >= 11 is 4.10. The number of aryl methyl sites for hydroxylation is 1. The van der Waals surface area contributed by atoms with Gasteiger partial charge in [0.15, 0.2) is 5.78 Å². The summed E-state index contributed by atoms with van der Waals surface area (Å²) in [7, 11) is 0. The summed E-state index contributed by atoms with van der Waals surface area (Å²) in [6.07, 6.45) is 0. The van der Waals surface area contributed by atoms with Gasteiger partial charge in [-0.3, -0.25) is 4.79 Å². The van der Waals surface area contributed by atoms with Gasteiger partial charge < -0.3 is 5.32 Å². The van der Waals surface area contributed by atoms with Crippen LogP contribution in [0.5, 0.6) is 0 Å². The van der Waals surface area contributed by atoms with Crippen molar-refractivity contribution < 1.29 is 4.79 Å². The van der Waals surface area contributed by atoms with Crippen molar-refractivity contribution in [2.45, 2.75) is 19.2 Å². The Morgan fingerprint density at radius 2 is 1.92 bits per heavy atom. The fourth-order valence-corrected chi connectivity index (χ4v) is 1.06. The van der Waals surface area contributed by atoms with Gasteiger partial charge in [-0.05, 0) is 26.0 Å². The molecule has 0 unspecified atom stereocenters. The van der Waals surface area contributed by atoms with E-state index in [9.17, 15) is 4.79 Å². The third-order valence-corrected chi connectivity index (χ3v) is 2.23. The van der Waals surface area contributed by atoms with Crippen LogP contribution in [0, 0.1) is 6.92 Å². The zero-order valence-electron chi connectivity index (χ0n) is 7.74. The van der Waals surface area contributed by atoms with Gasteiger partial charge in [-0.2, -0.15) is 0 Å². The first-order chi connectivity index (χ1) is 6.09. The molecule has 1 rings (SSSR count). The fraction of sp³-hybridized carbons (Fsp3) is 0.300. The monoisotopic (exact) mass is 195 g/mol. The number of anilines is 1. The van der Waals surface area contributed by atoms with Crippen molar-refractivity contribution in [3.05, 3.63) is 29.8 Å². The van der Waals surface area contributed by atoms with E-state index in [1.807, 2.05) is 31.2 Å². The molecule has 2 nitrogen and oxygen atoms in total. The van der Waals surface area contributed by atoms with Crippen molar-refractivity contribution in [1.82, 2.24) is 0 Å². The Kier molecular flexibility index (Phi) is 3.37. The van der Waals surface area contributed by atoms with Crippen LogP contribution in [-0.4, -0.2) is 11.2 Å². The van der Waals surface area contributed by atoms with E-state index < -0.39 is 5.37 Å². The molecule has 1 aromatic rings. The lowest BCUT2D eigenvalue weighted by Gasteiger charge is -2.10. The normalized spacial score (nSPS) is 12.2. The lowest BCUT2D eigenvalue weighted by molar-refractivity contribution is -0.116. The van der Waals surface area contributed by atoms with Crippen LogP contribution in [0.1, 0.15) is 12.5 Å². The van der Waals surface area contributed by atoms with Crippen LogP contribution in [0.3, 0.4) is 0 Å². The molecule has 3 heteroatoms. The summed E-state index contributed by atoms with van der Waals surface area (Å²) in [5.41, 5.74) is 2.12. The van der Waals surface area contributed by atoms with Gasteiger partial charge in [-0.15, -0.1) is 12.6 Å². The molecule has 0 aromatic heterocycles. The Balaban J connectivity index is 2.64. The smallest absolute Gasteiger partial charge is 0.162 e. The van der Waals surface area contributed by atoms with E-state index in [2.05, 4.69) is 17.9 Å². The van der Waals surface area contributed by atoms with E-state index in [0.717, 1.165) is 5.69 Å². The predicted molar refractivity (Wildman–Crippen MR) is 58.3 cm³/mol. The van der Waals surface area contributed by atoms with Crippen molar-refractivity contribution in [3.63, 3.8) is 0 Å². The molecule has 0 radical (unpaired) electrons. The Morgan fingerprint density at radius 1 is 1.38 bits per heavy atom. The zero-order valence-corrected chi connectivity index (χ0v) is 8.64. The molecule has 1 atom stereocenters. The summed E-state index contributed by atoms with van der Waals surface area (Å²) < 4.78 is 0. The van der Waals surface area contributed by atoms with Crippen LogP contribution in [0.4, 0.5) is 5.69 Å². The topological polar surface area (TPSA) is 29.1 Å². The molecule has 0 amide bonds. The van der Waals surface area contributed by atoms with Gasteiger partial charge in [0.25, 0.3) is 0 Å². The maximum absolute atomic E-state index is 10.9. The molecule has 0 saturated carbocycles. The minimum absolute atomic E-state index is 0.0175. The van der Waals surface area contributed by atoms with Gasteiger partial charge in [0.2, 0.25) is 0 Å². The molecule has 1 N–H and O–H groups in total. The van der Waals surface area contributed by atoms with Gasteiger partial charge in [0, 0.05) is 5.69 Å². The van der Waals surface area contributed by atoms with Crippen LogP contribution in [0.15, 0.2) is 24.3 Å². The van der Waals surface area contributed by atoms with Crippen molar-refractivity contribution in [3.8, 4) is 0 Å². The standard InChI is InChI=1S/C10H13NOS/c1-7-3-5-9(6-4-7)11-10(13)8(2)12/h3-6,10-11,13H,1-2H3/t10-/m0/s1. The first kappa shape index (κ1) is 10.1. The number of hydrogen-bond donors (Lipinski definition) is 2. The van der Waals surface area contributed by atoms with Gasteiger partial charge in [-0.1, -0.05) is 17.7 Å². The van der Waals surface area contributed by atoms with Crippen molar-refractivity contribution in [2.24, 2.45) is 0 Å². The molecule has 70 valence electrons. The molecule has 0 bridgehead atoms. The number of thiol groups is 1. The Bertz CT molecular complexity index is 294. The number of carbonyl (C=O) groups excluding carboxylic acids is 1. The Hall–Kier alpha value is -0.960. The molecule has 13 heavy (non-hydrogen) atoms. The number of nitrogens with one attached hydrogen (secondary N) is 1. The van der Waals surface area contributed by atoms with Crippen molar-refractivity contribution in [1.29, 1.82) is 0 Å². The quantitative estimate of drug-likeness (QED) is 0.572. The van der Waals surface area contributed by atoms with E-state index in [-0.39, 0.29) is 5.78 Å². The first-order valence-electron chi connectivity index (χ1n) is 4.11. The minimum atomic E-state index is -0.414. The molecule has 1 aromatic carbocycles. The highest BCUT2D eigenvalue weighted by Crippen LogP contribution is 2.11. The van der Waals surface area contributed by atoms with E-state index in [0.29, 0.717) is 0 Å². The lowest BCUT2D eigenvalue weighted by atomic mass is 10.2. The summed E-state index contributed by atoms with van der Waals surface area (Å²) in [5, 5.41) is 2.57. The minimum Gasteiger partial charge on any atom is -0.367 e. The lowest BCUT2D eigenvalue weighted by Crippen LogP contribution is -2.20. The summed E-state index contributed by atoms with van der Waals surface area (Å²) in [6, 6.07) is 7.84. The number of Topliss-reactive ketones (excluding diaryl/α,β-unsaturated/α-hetero) is 1. The van der Waals surface area contributed by atoms with Crippen LogP contribution >= 0.6 is 12.6 Å². The zero-order chi connectivity index (χ0) is 9.84. The summed E-state index contributed by atoms with van der Waals surface area (Å²) in [5.74, 6) is 0.0175. The number of carbonyl (C=O) groups is 1. The van der Waals surface area contributed by atoms with E-state index in [4.69, 9.17) is 0 Å². The maximum atomic E-state index is 10.9. The molecule has 0 heterocycles. The highest BCUT2D eigenvalue weighted by atomic mass is 32.1. The van der Waals surface area contributed by atoms with Gasteiger partial charge in [-0.25, -0.2) is 0 Å². The predicted octanol–water partition coefficient (Wildman–Crippen LogP) is 2.25. The number of hydrogen-bond acceptors (Lipinski definition) is 3.